The van der Waals surface area contributed by atoms with E-state index in [9.17, 15) is 0 Å². The van der Waals surface area contributed by atoms with Gasteiger partial charge in [-0.1, -0.05) is 25.1 Å². The maximum atomic E-state index is 5.56. The van der Waals surface area contributed by atoms with Gasteiger partial charge in [-0.2, -0.15) is 11.8 Å². The smallest absolute Gasteiger partial charge is 0.137 e. The second-order valence-corrected chi connectivity index (χ2v) is 4.62. The zero-order valence-corrected chi connectivity index (χ0v) is 9.36. The number of fused-ring (bicyclic) bond motifs is 1. The highest BCUT2D eigenvalue weighted by atomic mass is 32.2. The maximum Gasteiger partial charge on any atom is 0.137 e. The molecule has 0 unspecified atom stereocenters. The molecule has 1 aromatic carbocycles. The van der Waals surface area contributed by atoms with Gasteiger partial charge >= 0.3 is 0 Å². The molecular weight excluding hydrogens is 192 g/mol. The Balaban J connectivity index is 2.42. The fourth-order valence-corrected chi connectivity index (χ4v) is 2.23. The first-order chi connectivity index (χ1) is 6.83. The molecule has 0 spiro atoms. The molecule has 0 amide bonds. The number of aryl methyl sites for hydroxylation is 1. The molecule has 0 N–H and O–H groups in total. The number of hydrogen-bond donors (Lipinski definition) is 0. The number of thioether (sulfide) groups is 1. The zero-order chi connectivity index (χ0) is 9.97. The molecule has 0 radical (unpaired) electrons. The van der Waals surface area contributed by atoms with E-state index in [4.69, 9.17) is 4.42 Å². The minimum atomic E-state index is 1.04. The lowest BCUT2D eigenvalue weighted by Crippen LogP contribution is -1.78. The van der Waals surface area contributed by atoms with Gasteiger partial charge < -0.3 is 4.42 Å². The summed E-state index contributed by atoms with van der Waals surface area (Å²) in [7, 11) is 0. The minimum absolute atomic E-state index is 1.04. The average Bonchev–Trinajstić information content (AvgIpc) is 2.60. The quantitative estimate of drug-likeness (QED) is 0.753. The number of benzene rings is 1. The molecule has 1 nitrogen and oxygen atoms in total. The van der Waals surface area contributed by atoms with Crippen LogP contribution in [0.5, 0.6) is 0 Å². The minimum Gasteiger partial charge on any atom is -0.464 e. The topological polar surface area (TPSA) is 13.1 Å². The summed E-state index contributed by atoms with van der Waals surface area (Å²) < 4.78 is 5.56. The van der Waals surface area contributed by atoms with Crippen molar-refractivity contribution in [2.75, 3.05) is 5.75 Å². The molecule has 1 aromatic heterocycles. The van der Waals surface area contributed by atoms with Gasteiger partial charge in [0.2, 0.25) is 0 Å². The molecule has 0 aliphatic carbocycles. The highest BCUT2D eigenvalue weighted by Gasteiger charge is 2.06. The lowest BCUT2D eigenvalue weighted by atomic mass is 10.1. The van der Waals surface area contributed by atoms with Crippen LogP contribution in [0.25, 0.3) is 11.0 Å². The van der Waals surface area contributed by atoms with Crippen molar-refractivity contribution >= 4 is 22.7 Å². The molecule has 74 valence electrons. The molecule has 2 rings (SSSR count). The van der Waals surface area contributed by atoms with E-state index in [1.54, 1.807) is 0 Å². The monoisotopic (exact) mass is 206 g/mol. The molecule has 0 aliphatic rings. The summed E-state index contributed by atoms with van der Waals surface area (Å²) in [4.78, 5) is 0. The van der Waals surface area contributed by atoms with Gasteiger partial charge in [-0.05, 0) is 18.2 Å². The third-order valence-electron chi connectivity index (χ3n) is 2.34. The van der Waals surface area contributed by atoms with Gasteiger partial charge in [-0.25, -0.2) is 0 Å². The predicted octanol–water partition coefficient (Wildman–Crippen LogP) is 3.99. The van der Waals surface area contributed by atoms with E-state index in [1.165, 1.54) is 16.5 Å². The van der Waals surface area contributed by atoms with E-state index in [2.05, 4.69) is 32.0 Å². The Bertz CT molecular complexity index is 431. The molecule has 0 aliphatic heterocycles. The van der Waals surface area contributed by atoms with Crippen LogP contribution in [0.1, 0.15) is 18.1 Å². The van der Waals surface area contributed by atoms with Crippen LogP contribution in [0.3, 0.4) is 0 Å². The zero-order valence-electron chi connectivity index (χ0n) is 8.54. The lowest BCUT2D eigenvalue weighted by Gasteiger charge is -1.96. The summed E-state index contributed by atoms with van der Waals surface area (Å²) in [6.45, 7) is 4.26. The number of para-hydroxylation sites is 1. The van der Waals surface area contributed by atoms with Gasteiger partial charge in [0.1, 0.15) is 5.58 Å². The van der Waals surface area contributed by atoms with Crippen LogP contribution in [0, 0.1) is 6.92 Å². The van der Waals surface area contributed by atoms with E-state index in [-0.39, 0.29) is 0 Å². The lowest BCUT2D eigenvalue weighted by molar-refractivity contribution is 0.610. The van der Waals surface area contributed by atoms with Crippen molar-refractivity contribution in [2.45, 2.75) is 19.6 Å². The largest absolute Gasteiger partial charge is 0.464 e. The van der Waals surface area contributed by atoms with Crippen molar-refractivity contribution in [3.8, 4) is 0 Å². The summed E-state index contributed by atoms with van der Waals surface area (Å²) in [5.41, 5.74) is 3.57. The van der Waals surface area contributed by atoms with Crippen LogP contribution in [-0.2, 0) is 5.75 Å². The summed E-state index contributed by atoms with van der Waals surface area (Å²) in [6.07, 6.45) is 1.89. The second kappa shape index (κ2) is 4.09. The van der Waals surface area contributed by atoms with Crippen molar-refractivity contribution in [1.82, 2.24) is 0 Å². The third-order valence-corrected chi connectivity index (χ3v) is 3.26. The summed E-state index contributed by atoms with van der Waals surface area (Å²) in [5, 5.41) is 1.27. The summed E-state index contributed by atoms with van der Waals surface area (Å²) >= 11 is 1.93. The van der Waals surface area contributed by atoms with Crippen molar-refractivity contribution in [2.24, 2.45) is 0 Å². The van der Waals surface area contributed by atoms with Crippen molar-refractivity contribution in [3.05, 3.63) is 35.6 Å². The summed E-state index contributed by atoms with van der Waals surface area (Å²) in [6, 6.07) is 6.31. The normalized spacial score (nSPS) is 11.0. The van der Waals surface area contributed by atoms with Gasteiger partial charge in [0.15, 0.2) is 0 Å². The molecule has 14 heavy (non-hydrogen) atoms. The van der Waals surface area contributed by atoms with Crippen molar-refractivity contribution < 1.29 is 4.42 Å². The molecule has 1 heterocycles. The molecule has 2 aromatic rings. The molecule has 0 bridgehead atoms. The Morgan fingerprint density at radius 3 is 3.00 bits per heavy atom. The van der Waals surface area contributed by atoms with Crippen LogP contribution in [0.4, 0.5) is 0 Å². The Morgan fingerprint density at radius 2 is 2.21 bits per heavy atom. The van der Waals surface area contributed by atoms with Gasteiger partial charge in [-0.3, -0.25) is 0 Å². The van der Waals surface area contributed by atoms with Crippen LogP contribution in [-0.4, -0.2) is 5.75 Å². The summed E-state index contributed by atoms with van der Waals surface area (Å²) in [5.74, 6) is 2.20. The van der Waals surface area contributed by atoms with Gasteiger partial charge in [0.05, 0.1) is 6.26 Å². The fourth-order valence-electron chi connectivity index (χ4n) is 1.58. The predicted molar refractivity (Wildman–Crippen MR) is 62.8 cm³/mol. The van der Waals surface area contributed by atoms with Crippen LogP contribution >= 0.6 is 11.8 Å². The van der Waals surface area contributed by atoms with Crippen LogP contribution < -0.4 is 0 Å². The fraction of sp³-hybridized carbons (Fsp3) is 0.333. The molecule has 0 atom stereocenters. The van der Waals surface area contributed by atoms with Gasteiger partial charge in [0.25, 0.3) is 0 Å². The van der Waals surface area contributed by atoms with Crippen LogP contribution in [0.15, 0.2) is 28.9 Å². The Labute approximate surface area is 88.5 Å². The second-order valence-electron chi connectivity index (χ2n) is 3.35. The van der Waals surface area contributed by atoms with Crippen molar-refractivity contribution in [3.63, 3.8) is 0 Å². The standard InChI is InChI=1S/C12H14OS/c1-3-14-8-10-7-13-12-9(2)5-4-6-11(10)12/h4-7H,3,8H2,1-2H3. The molecule has 0 fully saturated rings. The highest BCUT2D eigenvalue weighted by Crippen LogP contribution is 2.26. The first-order valence-electron chi connectivity index (χ1n) is 4.86. The van der Waals surface area contributed by atoms with Crippen molar-refractivity contribution in [1.29, 1.82) is 0 Å². The SMILES string of the molecule is CCSCc1coc2c(C)cccc12. The molecule has 2 heteroatoms. The van der Waals surface area contributed by atoms with E-state index in [0.29, 0.717) is 0 Å². The van der Waals surface area contributed by atoms with Gasteiger partial charge in [0, 0.05) is 16.7 Å². The van der Waals surface area contributed by atoms with E-state index in [1.807, 2.05) is 18.0 Å². The first-order valence-corrected chi connectivity index (χ1v) is 6.02. The maximum absolute atomic E-state index is 5.56. The van der Waals surface area contributed by atoms with E-state index in [0.717, 1.165) is 17.1 Å². The molecule has 0 saturated carbocycles. The highest BCUT2D eigenvalue weighted by molar-refractivity contribution is 7.98. The third kappa shape index (κ3) is 1.67. The molecule has 0 saturated heterocycles. The van der Waals surface area contributed by atoms with E-state index >= 15 is 0 Å². The van der Waals surface area contributed by atoms with Gasteiger partial charge in [-0.15, -0.1) is 0 Å². The average molecular weight is 206 g/mol. The number of rotatable bonds is 3. The number of hydrogen-bond acceptors (Lipinski definition) is 2. The first kappa shape index (κ1) is 9.66. The molecular formula is C12H14OS. The Hall–Kier alpha value is -0.890. The van der Waals surface area contributed by atoms with E-state index < -0.39 is 0 Å². The number of furan rings is 1. The Kier molecular flexibility index (Phi) is 2.82. The van der Waals surface area contributed by atoms with Crippen LogP contribution in [0.2, 0.25) is 0 Å². The Morgan fingerprint density at radius 1 is 1.36 bits per heavy atom.